The first-order valence-corrected chi connectivity index (χ1v) is 12.1. The summed E-state index contributed by atoms with van der Waals surface area (Å²) in [5.41, 5.74) is 0. The molecule has 0 aromatic heterocycles. The summed E-state index contributed by atoms with van der Waals surface area (Å²) < 4.78 is 22.7. The van der Waals surface area contributed by atoms with Crippen LogP contribution in [0.25, 0.3) is 0 Å². The first-order valence-electron chi connectivity index (χ1n) is 7.09. The second-order valence-electron chi connectivity index (χ2n) is 6.18. The smallest absolute Gasteiger partial charge is 0.314 e. The van der Waals surface area contributed by atoms with Gasteiger partial charge in [0.15, 0.2) is 9.84 Å². The first kappa shape index (κ1) is 16.0. The Labute approximate surface area is 127 Å². The number of hydrogen-bond acceptors (Lipinski definition) is 3. The van der Waals surface area contributed by atoms with E-state index in [9.17, 15) is 13.2 Å². The molecular formula is C14H22N2O3SSi. The zero-order valence-electron chi connectivity index (χ0n) is 12.4. The topological polar surface area (TPSA) is 75.3 Å². The van der Waals surface area contributed by atoms with E-state index >= 15 is 0 Å². The molecule has 1 atom stereocenters. The molecule has 1 unspecified atom stereocenters. The molecule has 1 saturated heterocycles. The third kappa shape index (κ3) is 4.57. The molecule has 0 aliphatic carbocycles. The van der Waals surface area contributed by atoms with Crippen LogP contribution in [0.2, 0.25) is 13.1 Å². The zero-order valence-corrected chi connectivity index (χ0v) is 14.2. The van der Waals surface area contributed by atoms with Gasteiger partial charge in [-0.15, -0.1) is 0 Å². The SMILES string of the molecule is C[Si](C)(CNC(=O)NC1CCS(=O)(=O)C1)c1ccccc1. The molecule has 21 heavy (non-hydrogen) atoms. The van der Waals surface area contributed by atoms with E-state index in [-0.39, 0.29) is 23.6 Å². The maximum absolute atomic E-state index is 11.9. The standard InChI is InChI=1S/C14H22N2O3SSi/c1-21(2,13-6-4-3-5-7-13)11-15-14(17)16-12-8-9-20(18,19)10-12/h3-7,12H,8-11H2,1-2H3,(H2,15,16,17). The molecule has 2 amide bonds. The lowest BCUT2D eigenvalue weighted by molar-refractivity contribution is 0.239. The number of carbonyl (C=O) groups excluding carboxylic acids is 1. The van der Waals surface area contributed by atoms with Gasteiger partial charge in [0.05, 0.1) is 11.5 Å². The lowest BCUT2D eigenvalue weighted by Gasteiger charge is -2.24. The molecule has 1 fully saturated rings. The second-order valence-corrected chi connectivity index (χ2v) is 13.1. The maximum atomic E-state index is 11.9. The van der Waals surface area contributed by atoms with Gasteiger partial charge in [0.1, 0.15) is 8.07 Å². The third-order valence-corrected chi connectivity index (χ3v) is 8.54. The minimum absolute atomic E-state index is 0.0555. The van der Waals surface area contributed by atoms with Gasteiger partial charge in [0, 0.05) is 12.2 Å². The van der Waals surface area contributed by atoms with Crippen LogP contribution in [0.4, 0.5) is 4.79 Å². The number of hydrogen-bond donors (Lipinski definition) is 2. The number of carbonyl (C=O) groups is 1. The van der Waals surface area contributed by atoms with Crippen LogP contribution in [0.3, 0.4) is 0 Å². The van der Waals surface area contributed by atoms with Crippen molar-refractivity contribution in [1.29, 1.82) is 0 Å². The van der Waals surface area contributed by atoms with Crippen molar-refractivity contribution in [3.05, 3.63) is 30.3 Å². The van der Waals surface area contributed by atoms with Crippen LogP contribution < -0.4 is 15.8 Å². The highest BCUT2D eigenvalue weighted by molar-refractivity contribution is 7.91. The van der Waals surface area contributed by atoms with Crippen molar-refractivity contribution in [1.82, 2.24) is 10.6 Å². The van der Waals surface area contributed by atoms with E-state index in [0.29, 0.717) is 12.6 Å². The van der Waals surface area contributed by atoms with E-state index in [0.717, 1.165) is 0 Å². The fraction of sp³-hybridized carbons (Fsp3) is 0.500. The second kappa shape index (κ2) is 6.19. The van der Waals surface area contributed by atoms with E-state index in [4.69, 9.17) is 0 Å². The summed E-state index contributed by atoms with van der Waals surface area (Å²) >= 11 is 0. The Hall–Kier alpha value is -1.34. The highest BCUT2D eigenvalue weighted by atomic mass is 32.2. The molecule has 1 aliphatic rings. The van der Waals surface area contributed by atoms with Crippen LogP contribution in [0, 0.1) is 0 Å². The molecule has 2 rings (SSSR count). The van der Waals surface area contributed by atoms with E-state index in [2.05, 4.69) is 35.9 Å². The Bertz CT molecular complexity index is 602. The Kier molecular flexibility index (Phi) is 4.73. The minimum atomic E-state index is -2.96. The highest BCUT2D eigenvalue weighted by Gasteiger charge is 2.29. The molecule has 5 nitrogen and oxygen atoms in total. The molecule has 1 aromatic rings. The monoisotopic (exact) mass is 326 g/mol. The molecule has 2 N–H and O–H groups in total. The molecule has 1 aliphatic heterocycles. The number of rotatable bonds is 4. The van der Waals surface area contributed by atoms with Crippen LogP contribution in [0.1, 0.15) is 6.42 Å². The van der Waals surface area contributed by atoms with Gasteiger partial charge in [-0.1, -0.05) is 48.6 Å². The fourth-order valence-corrected chi connectivity index (χ4v) is 6.01. The Morgan fingerprint density at radius 3 is 2.52 bits per heavy atom. The Morgan fingerprint density at radius 2 is 1.95 bits per heavy atom. The summed E-state index contributed by atoms with van der Waals surface area (Å²) in [6, 6.07) is 9.66. The summed E-state index contributed by atoms with van der Waals surface area (Å²) in [4.78, 5) is 11.9. The predicted molar refractivity (Wildman–Crippen MR) is 87.2 cm³/mol. The van der Waals surface area contributed by atoms with Gasteiger partial charge >= 0.3 is 6.03 Å². The predicted octanol–water partition coefficient (Wildman–Crippen LogP) is 0.628. The van der Waals surface area contributed by atoms with E-state index in [1.807, 2.05) is 18.2 Å². The van der Waals surface area contributed by atoms with Crippen molar-refractivity contribution in [2.75, 3.05) is 17.7 Å². The molecule has 1 heterocycles. The van der Waals surface area contributed by atoms with Crippen molar-refractivity contribution in [3.8, 4) is 0 Å². The molecular weight excluding hydrogens is 304 g/mol. The van der Waals surface area contributed by atoms with E-state index < -0.39 is 17.9 Å². The van der Waals surface area contributed by atoms with Crippen molar-refractivity contribution in [2.45, 2.75) is 25.6 Å². The third-order valence-electron chi connectivity index (χ3n) is 3.81. The Morgan fingerprint density at radius 1 is 1.29 bits per heavy atom. The quantitative estimate of drug-likeness (QED) is 0.797. The van der Waals surface area contributed by atoms with Crippen LogP contribution >= 0.6 is 0 Å². The van der Waals surface area contributed by atoms with Crippen LogP contribution in [-0.4, -0.2) is 46.2 Å². The maximum Gasteiger partial charge on any atom is 0.314 e. The number of urea groups is 1. The molecule has 116 valence electrons. The number of benzene rings is 1. The van der Waals surface area contributed by atoms with Gasteiger partial charge in [0.2, 0.25) is 0 Å². The number of amides is 2. The molecule has 7 heteroatoms. The number of sulfone groups is 1. The van der Waals surface area contributed by atoms with Crippen molar-refractivity contribution < 1.29 is 13.2 Å². The lowest BCUT2D eigenvalue weighted by Crippen LogP contribution is -2.54. The van der Waals surface area contributed by atoms with Crippen LogP contribution in [0.5, 0.6) is 0 Å². The average Bonchev–Trinajstić information content (AvgIpc) is 2.77. The summed E-state index contributed by atoms with van der Waals surface area (Å²) in [5, 5.41) is 6.93. The highest BCUT2D eigenvalue weighted by Crippen LogP contribution is 2.11. The normalized spacial score (nSPS) is 21.0. The van der Waals surface area contributed by atoms with Crippen molar-refractivity contribution in [3.63, 3.8) is 0 Å². The van der Waals surface area contributed by atoms with Gasteiger partial charge in [0.25, 0.3) is 0 Å². The van der Waals surface area contributed by atoms with Gasteiger partial charge in [-0.2, -0.15) is 0 Å². The molecule has 0 radical (unpaired) electrons. The fourth-order valence-electron chi connectivity index (χ4n) is 2.44. The summed E-state index contributed by atoms with van der Waals surface area (Å²) in [6.07, 6.45) is 1.14. The van der Waals surface area contributed by atoms with E-state index in [1.54, 1.807) is 0 Å². The van der Waals surface area contributed by atoms with Crippen molar-refractivity contribution in [2.24, 2.45) is 0 Å². The summed E-state index contributed by atoms with van der Waals surface area (Å²) in [7, 11) is -4.68. The summed E-state index contributed by atoms with van der Waals surface area (Å²) in [6.45, 7) is 4.39. The molecule has 1 aromatic carbocycles. The van der Waals surface area contributed by atoms with E-state index in [1.165, 1.54) is 5.19 Å². The largest absolute Gasteiger partial charge is 0.341 e. The van der Waals surface area contributed by atoms with Gasteiger partial charge in [-0.3, -0.25) is 0 Å². The van der Waals surface area contributed by atoms with Gasteiger partial charge in [-0.05, 0) is 6.42 Å². The molecule has 0 spiro atoms. The summed E-state index contributed by atoms with van der Waals surface area (Å²) in [5.74, 6) is 0.224. The molecule has 0 saturated carbocycles. The van der Waals surface area contributed by atoms with Crippen LogP contribution in [0.15, 0.2) is 30.3 Å². The van der Waals surface area contributed by atoms with Crippen molar-refractivity contribution >= 4 is 29.1 Å². The first-order chi connectivity index (χ1) is 9.78. The zero-order chi connectivity index (χ0) is 15.5. The minimum Gasteiger partial charge on any atom is -0.341 e. The number of nitrogens with one attached hydrogen (secondary N) is 2. The lowest BCUT2D eigenvalue weighted by atomic mass is 10.3. The van der Waals surface area contributed by atoms with Crippen LogP contribution in [-0.2, 0) is 9.84 Å². The van der Waals surface area contributed by atoms with Gasteiger partial charge in [-0.25, -0.2) is 13.2 Å². The molecule has 0 bridgehead atoms. The average molecular weight is 326 g/mol. The van der Waals surface area contributed by atoms with Gasteiger partial charge < -0.3 is 10.6 Å². The Balaban J connectivity index is 1.84.